The summed E-state index contributed by atoms with van der Waals surface area (Å²) in [4.78, 5) is 101. The number of hydrogen-bond acceptors (Lipinski definition) is 11. The lowest BCUT2D eigenvalue weighted by atomic mass is 10.1. The van der Waals surface area contributed by atoms with Crippen LogP contribution < -0.4 is 50.4 Å². The van der Waals surface area contributed by atoms with Gasteiger partial charge in [0.05, 0.1) is 6.04 Å². The SMILES string of the molecule is NC(=O)CC[C@H](NC(=O)[C@@H](N)CS)C(=O)N[C@@H](CCCN=C(N)N)C(=O)N1CCC[C@H]1C(=O)N1CCC[C@H]1C(=O)N[C@@H](CCCN=C(N)N)C(=O)O. The first kappa shape index (κ1) is 43.3. The standard InChI is InChI=1S/C30H53N13O8S/c31-16(15-52)23(45)39-17(9-10-22(32)44)24(46)40-18(5-1-11-37-29(33)34)26(48)43-14-4-8-21(43)27(49)42-13-3-7-20(42)25(47)41-19(28(50)51)6-2-12-38-30(35)36/h16-21,52H,1-15,31H2,(H2,32,44)(H,39,45)(H,40,46)(H,41,47)(H,50,51)(H4,33,34,37)(H4,35,36,38)/t16-,17-,18-,19-,20-,21-/m0/s1. The average Bonchev–Trinajstić information content (AvgIpc) is 3.78. The van der Waals surface area contributed by atoms with Crippen molar-refractivity contribution in [1.29, 1.82) is 0 Å². The van der Waals surface area contributed by atoms with Gasteiger partial charge in [0.25, 0.3) is 0 Å². The second kappa shape index (κ2) is 21.5. The van der Waals surface area contributed by atoms with Gasteiger partial charge in [-0.1, -0.05) is 0 Å². The average molecular weight is 756 g/mol. The number of carbonyl (C=O) groups is 7. The quantitative estimate of drug-likeness (QED) is 0.0227. The van der Waals surface area contributed by atoms with Crippen molar-refractivity contribution in [2.24, 2.45) is 44.4 Å². The summed E-state index contributed by atoms with van der Waals surface area (Å²) in [7, 11) is 0. The Morgan fingerprint density at radius 1 is 0.731 bits per heavy atom. The number of rotatable bonds is 21. The van der Waals surface area contributed by atoms with Crippen LogP contribution in [0.4, 0.5) is 0 Å². The van der Waals surface area contributed by atoms with Crippen LogP contribution in [-0.2, 0) is 33.6 Å². The van der Waals surface area contributed by atoms with Crippen LogP contribution in [0.3, 0.4) is 0 Å². The third kappa shape index (κ3) is 13.7. The molecule has 2 fully saturated rings. The van der Waals surface area contributed by atoms with Crippen LogP contribution >= 0.6 is 12.6 Å². The van der Waals surface area contributed by atoms with E-state index >= 15 is 0 Å². The first-order valence-corrected chi connectivity index (χ1v) is 17.7. The summed E-state index contributed by atoms with van der Waals surface area (Å²) in [5, 5.41) is 17.3. The van der Waals surface area contributed by atoms with Crippen molar-refractivity contribution in [3.05, 3.63) is 0 Å². The lowest BCUT2D eigenvalue weighted by Gasteiger charge is -2.33. The van der Waals surface area contributed by atoms with Crippen LogP contribution in [-0.4, -0.2) is 136 Å². The van der Waals surface area contributed by atoms with Gasteiger partial charge in [-0.05, 0) is 57.8 Å². The Hall–Kier alpha value is -4.86. The van der Waals surface area contributed by atoms with Crippen molar-refractivity contribution in [2.45, 2.75) is 100 Å². The van der Waals surface area contributed by atoms with Gasteiger partial charge in [0, 0.05) is 38.4 Å². The zero-order valence-electron chi connectivity index (χ0n) is 29.1. The third-order valence-corrected chi connectivity index (χ3v) is 9.02. The molecule has 0 aliphatic carbocycles. The minimum atomic E-state index is -1.28. The van der Waals surface area contributed by atoms with Crippen molar-refractivity contribution in [3.63, 3.8) is 0 Å². The number of aliphatic imine (C=N–C) groups is 2. The van der Waals surface area contributed by atoms with Crippen molar-refractivity contribution in [2.75, 3.05) is 31.9 Å². The van der Waals surface area contributed by atoms with Crippen molar-refractivity contribution < 1.29 is 38.7 Å². The highest BCUT2D eigenvalue weighted by Crippen LogP contribution is 2.26. The fraction of sp³-hybridized carbons (Fsp3) is 0.700. The molecule has 0 saturated carbocycles. The summed E-state index contributed by atoms with van der Waals surface area (Å²) in [5.74, 6) is -5.51. The highest BCUT2D eigenvalue weighted by Gasteiger charge is 2.44. The van der Waals surface area contributed by atoms with Crippen LogP contribution in [0.5, 0.6) is 0 Å². The molecule has 6 amide bonds. The minimum Gasteiger partial charge on any atom is -0.480 e. The highest BCUT2D eigenvalue weighted by molar-refractivity contribution is 7.80. The van der Waals surface area contributed by atoms with Crippen molar-refractivity contribution in [3.8, 4) is 0 Å². The number of aliphatic carboxylic acids is 1. The first-order chi connectivity index (χ1) is 24.6. The fourth-order valence-electron chi connectivity index (χ4n) is 5.96. The Balaban J connectivity index is 2.25. The Morgan fingerprint density at radius 2 is 1.27 bits per heavy atom. The third-order valence-electron chi connectivity index (χ3n) is 8.63. The number of carbonyl (C=O) groups excluding carboxylic acids is 6. The van der Waals surface area contributed by atoms with Crippen molar-refractivity contribution >= 4 is 66.0 Å². The smallest absolute Gasteiger partial charge is 0.326 e. The van der Waals surface area contributed by atoms with Gasteiger partial charge in [-0.25, -0.2) is 4.79 Å². The van der Waals surface area contributed by atoms with Gasteiger partial charge >= 0.3 is 5.97 Å². The van der Waals surface area contributed by atoms with Gasteiger partial charge in [0.1, 0.15) is 30.2 Å². The molecule has 292 valence electrons. The maximum Gasteiger partial charge on any atom is 0.326 e. The van der Waals surface area contributed by atoms with E-state index in [0.717, 1.165) is 0 Å². The molecule has 0 bridgehead atoms. The molecule has 2 heterocycles. The first-order valence-electron chi connectivity index (χ1n) is 17.1. The maximum atomic E-state index is 14.1. The lowest BCUT2D eigenvalue weighted by molar-refractivity contribution is -0.149. The van der Waals surface area contributed by atoms with E-state index in [-0.39, 0.29) is 95.2 Å². The lowest BCUT2D eigenvalue weighted by Crippen LogP contribution is -2.59. The molecule has 0 aromatic carbocycles. The van der Waals surface area contributed by atoms with E-state index in [0.29, 0.717) is 12.8 Å². The van der Waals surface area contributed by atoms with E-state index in [1.807, 2.05) is 0 Å². The topological polar surface area (TPSA) is 363 Å². The van der Waals surface area contributed by atoms with Crippen LogP contribution in [0.1, 0.15) is 64.2 Å². The number of carboxylic acid groups (broad SMARTS) is 1. The van der Waals surface area contributed by atoms with E-state index in [1.165, 1.54) is 9.80 Å². The van der Waals surface area contributed by atoms with Gasteiger partial charge in [0.15, 0.2) is 11.9 Å². The number of nitrogens with two attached hydrogens (primary N) is 6. The zero-order valence-corrected chi connectivity index (χ0v) is 30.0. The number of nitrogens with zero attached hydrogens (tertiary/aromatic N) is 4. The molecule has 2 rings (SSSR count). The summed E-state index contributed by atoms with van der Waals surface area (Å²) in [6.07, 6.45) is 1.70. The number of amides is 6. The molecular weight excluding hydrogens is 702 g/mol. The Morgan fingerprint density at radius 3 is 1.81 bits per heavy atom. The van der Waals surface area contributed by atoms with Crippen LogP contribution in [0, 0.1) is 0 Å². The Labute approximate surface area is 306 Å². The van der Waals surface area contributed by atoms with Crippen LogP contribution in [0.2, 0.25) is 0 Å². The van der Waals surface area contributed by atoms with Gasteiger partial charge in [-0.15, -0.1) is 0 Å². The second-order valence-corrected chi connectivity index (χ2v) is 13.0. The number of hydrogen-bond donors (Lipinski definition) is 11. The number of primary amides is 1. The minimum absolute atomic E-state index is 0.0212. The number of guanidine groups is 2. The number of carboxylic acids is 1. The second-order valence-electron chi connectivity index (χ2n) is 12.6. The predicted octanol–water partition coefficient (Wildman–Crippen LogP) is -4.86. The molecular formula is C30H53N13O8S. The summed E-state index contributed by atoms with van der Waals surface area (Å²) >= 11 is 4.00. The molecule has 0 unspecified atom stereocenters. The molecule has 22 heteroatoms. The van der Waals surface area contributed by atoms with Crippen LogP contribution in [0.15, 0.2) is 9.98 Å². The molecule has 21 nitrogen and oxygen atoms in total. The van der Waals surface area contributed by atoms with E-state index in [9.17, 15) is 38.7 Å². The van der Waals surface area contributed by atoms with E-state index in [2.05, 4.69) is 38.6 Å². The molecule has 16 N–H and O–H groups in total. The van der Waals surface area contributed by atoms with Crippen LogP contribution in [0.25, 0.3) is 0 Å². The maximum absolute atomic E-state index is 14.1. The predicted molar refractivity (Wildman–Crippen MR) is 193 cm³/mol. The molecule has 0 aromatic heterocycles. The highest BCUT2D eigenvalue weighted by atomic mass is 32.1. The summed E-state index contributed by atoms with van der Waals surface area (Å²) < 4.78 is 0. The number of nitrogens with one attached hydrogen (secondary N) is 3. The van der Waals surface area contributed by atoms with Crippen molar-refractivity contribution in [1.82, 2.24) is 25.8 Å². The monoisotopic (exact) mass is 755 g/mol. The van der Waals surface area contributed by atoms with Gasteiger partial charge < -0.3 is 65.3 Å². The van der Waals surface area contributed by atoms with E-state index in [1.54, 1.807) is 0 Å². The summed E-state index contributed by atoms with van der Waals surface area (Å²) in [5.41, 5.74) is 32.5. The molecule has 0 aromatic rings. The molecule has 6 atom stereocenters. The fourth-order valence-corrected chi connectivity index (χ4v) is 6.13. The molecule has 52 heavy (non-hydrogen) atoms. The molecule has 2 aliphatic heterocycles. The molecule has 0 radical (unpaired) electrons. The van der Waals surface area contributed by atoms with E-state index in [4.69, 9.17) is 34.4 Å². The Bertz CT molecular complexity index is 1360. The van der Waals surface area contributed by atoms with Gasteiger partial charge in [-0.3, -0.25) is 38.8 Å². The Kier molecular flexibility index (Phi) is 17.9. The van der Waals surface area contributed by atoms with Gasteiger partial charge in [0.2, 0.25) is 35.4 Å². The summed E-state index contributed by atoms with van der Waals surface area (Å²) in [6, 6.07) is -6.69. The number of thiol groups is 1. The molecule has 2 saturated heterocycles. The van der Waals surface area contributed by atoms with E-state index < -0.39 is 77.7 Å². The zero-order chi connectivity index (χ0) is 39.0. The summed E-state index contributed by atoms with van der Waals surface area (Å²) in [6.45, 7) is 0.686. The normalized spacial score (nSPS) is 19.0. The van der Waals surface area contributed by atoms with Gasteiger partial charge in [-0.2, -0.15) is 12.6 Å². The molecule has 0 spiro atoms. The molecule has 2 aliphatic rings. The largest absolute Gasteiger partial charge is 0.480 e. The number of likely N-dealkylation sites (tertiary alicyclic amines) is 2.